The maximum atomic E-state index is 10.4. The molecule has 0 aromatic heterocycles. The molecule has 1 N–H and O–H groups in total. The van der Waals surface area contributed by atoms with Gasteiger partial charge in [-0.15, -0.1) is 11.6 Å². The van der Waals surface area contributed by atoms with Crippen molar-refractivity contribution in [3.05, 3.63) is 0 Å². The maximum Gasteiger partial charge on any atom is 0.427 e. The summed E-state index contributed by atoms with van der Waals surface area (Å²) in [5.41, 5.74) is 2.11. The molecule has 10 heavy (non-hydrogen) atoms. The molecule has 58 valence electrons. The van der Waals surface area contributed by atoms with Crippen LogP contribution in [0.3, 0.4) is 0 Å². The highest BCUT2D eigenvalue weighted by molar-refractivity contribution is 6.24. The van der Waals surface area contributed by atoms with Crippen LogP contribution in [0.5, 0.6) is 0 Å². The highest BCUT2D eigenvalue weighted by Gasteiger charge is 1.93. The molecule has 0 aromatic carbocycles. The van der Waals surface area contributed by atoms with Crippen molar-refractivity contribution in [2.45, 2.75) is 6.92 Å². The predicted octanol–water partition coefficient (Wildman–Crippen LogP) is 0.957. The van der Waals surface area contributed by atoms with E-state index < -0.39 is 6.09 Å². The first-order valence-corrected chi connectivity index (χ1v) is 3.35. The van der Waals surface area contributed by atoms with Gasteiger partial charge in [0.05, 0.1) is 12.5 Å². The van der Waals surface area contributed by atoms with Gasteiger partial charge in [0.1, 0.15) is 0 Å². The number of halogens is 1. The normalized spacial score (nSPS) is 9.80. The van der Waals surface area contributed by atoms with Crippen LogP contribution in [0.25, 0.3) is 0 Å². The van der Waals surface area contributed by atoms with Crippen LogP contribution in [0.1, 0.15) is 6.92 Å². The van der Waals surface area contributed by atoms with Crippen LogP contribution in [0.4, 0.5) is 4.79 Å². The fourth-order valence-electron chi connectivity index (χ4n) is 0.296. The van der Waals surface area contributed by atoms with Crippen molar-refractivity contribution < 1.29 is 9.53 Å². The molecular formula is C5H9ClN2O2. The summed E-state index contributed by atoms with van der Waals surface area (Å²) >= 11 is 5.22. The lowest BCUT2D eigenvalue weighted by atomic mass is 10.9. The molecule has 0 unspecified atom stereocenters. The van der Waals surface area contributed by atoms with Gasteiger partial charge >= 0.3 is 6.09 Å². The molecule has 0 heterocycles. The van der Waals surface area contributed by atoms with Crippen molar-refractivity contribution in [2.75, 3.05) is 12.5 Å². The predicted molar refractivity (Wildman–Crippen MR) is 39.4 cm³/mol. The van der Waals surface area contributed by atoms with E-state index in [1.807, 2.05) is 0 Å². The van der Waals surface area contributed by atoms with E-state index in [1.54, 1.807) is 6.92 Å². The van der Waals surface area contributed by atoms with E-state index >= 15 is 0 Å². The third-order valence-corrected chi connectivity index (χ3v) is 0.730. The topological polar surface area (TPSA) is 50.7 Å². The highest BCUT2D eigenvalue weighted by Crippen LogP contribution is 1.75. The third kappa shape index (κ3) is 5.37. The second kappa shape index (κ2) is 6.35. The van der Waals surface area contributed by atoms with Crippen molar-refractivity contribution in [1.82, 2.24) is 5.43 Å². The van der Waals surface area contributed by atoms with Crippen LogP contribution in [-0.4, -0.2) is 24.8 Å². The van der Waals surface area contributed by atoms with Gasteiger partial charge in [0.2, 0.25) is 0 Å². The number of amides is 1. The molecule has 0 rings (SSSR count). The van der Waals surface area contributed by atoms with Gasteiger partial charge in [0, 0.05) is 6.21 Å². The summed E-state index contributed by atoms with van der Waals surface area (Å²) in [5.74, 6) is 0.270. The number of nitrogens with zero attached hydrogens (tertiary/aromatic N) is 1. The van der Waals surface area contributed by atoms with Gasteiger partial charge in [0.25, 0.3) is 0 Å². The van der Waals surface area contributed by atoms with Crippen LogP contribution in [0.15, 0.2) is 5.10 Å². The van der Waals surface area contributed by atoms with E-state index in [2.05, 4.69) is 15.3 Å². The minimum Gasteiger partial charge on any atom is -0.449 e. The van der Waals surface area contributed by atoms with Crippen LogP contribution in [-0.2, 0) is 4.74 Å². The Bertz CT molecular complexity index is 127. The average Bonchev–Trinajstić information content (AvgIpc) is 1.89. The molecule has 0 radical (unpaired) electrons. The number of carbonyl (C=O) groups is 1. The molecule has 0 aliphatic heterocycles. The molecule has 0 bridgehead atoms. The van der Waals surface area contributed by atoms with Gasteiger partial charge in [-0.25, -0.2) is 10.2 Å². The molecule has 4 nitrogen and oxygen atoms in total. The van der Waals surface area contributed by atoms with E-state index in [0.29, 0.717) is 6.61 Å². The van der Waals surface area contributed by atoms with E-state index in [0.717, 1.165) is 0 Å². The van der Waals surface area contributed by atoms with Crippen molar-refractivity contribution in [3.8, 4) is 0 Å². The summed E-state index contributed by atoms with van der Waals surface area (Å²) < 4.78 is 4.48. The second-order valence-electron chi connectivity index (χ2n) is 1.30. The van der Waals surface area contributed by atoms with Gasteiger partial charge in [-0.05, 0) is 6.92 Å². The number of nitrogens with one attached hydrogen (secondary N) is 1. The molecule has 5 heteroatoms. The molecule has 0 aromatic rings. The van der Waals surface area contributed by atoms with Crippen molar-refractivity contribution >= 4 is 23.9 Å². The quantitative estimate of drug-likeness (QED) is 0.384. The molecule has 0 saturated heterocycles. The van der Waals surface area contributed by atoms with Gasteiger partial charge in [-0.2, -0.15) is 5.10 Å². The molecule has 0 aliphatic rings. The summed E-state index contributed by atoms with van der Waals surface area (Å²) in [6.07, 6.45) is 0.794. The standard InChI is InChI=1S/C5H9ClN2O2/c1-2-10-5(9)8-7-4-3-6/h4H,2-3H2,1H3,(H,8,9). The Morgan fingerprint density at radius 3 is 3.10 bits per heavy atom. The first-order valence-electron chi connectivity index (χ1n) is 2.81. The Hall–Kier alpha value is -0.770. The first-order chi connectivity index (χ1) is 4.81. The smallest absolute Gasteiger partial charge is 0.427 e. The third-order valence-electron chi connectivity index (χ3n) is 0.592. The molecule has 0 spiro atoms. The zero-order valence-electron chi connectivity index (χ0n) is 5.63. The van der Waals surface area contributed by atoms with Crippen LogP contribution < -0.4 is 5.43 Å². The number of alkyl halides is 1. The average molecular weight is 165 g/mol. The zero-order valence-corrected chi connectivity index (χ0v) is 6.39. The molecular weight excluding hydrogens is 156 g/mol. The molecule has 0 aliphatic carbocycles. The van der Waals surface area contributed by atoms with E-state index in [-0.39, 0.29) is 5.88 Å². The Morgan fingerprint density at radius 1 is 1.90 bits per heavy atom. The molecule has 0 fully saturated rings. The van der Waals surface area contributed by atoms with Crippen LogP contribution in [0, 0.1) is 0 Å². The second-order valence-corrected chi connectivity index (χ2v) is 1.61. The number of carbonyl (C=O) groups excluding carboxylic acids is 1. The van der Waals surface area contributed by atoms with Gasteiger partial charge < -0.3 is 4.74 Å². The number of hydrazone groups is 1. The number of ether oxygens (including phenoxy) is 1. The largest absolute Gasteiger partial charge is 0.449 e. The molecule has 0 saturated carbocycles. The summed E-state index contributed by atoms with van der Waals surface area (Å²) in [4.78, 5) is 10.4. The number of rotatable bonds is 3. The number of hydrogen-bond acceptors (Lipinski definition) is 3. The van der Waals surface area contributed by atoms with E-state index in [4.69, 9.17) is 11.6 Å². The Kier molecular flexibility index (Phi) is 5.86. The minimum atomic E-state index is -0.566. The fourth-order valence-corrected chi connectivity index (χ4v) is 0.365. The Morgan fingerprint density at radius 2 is 2.60 bits per heavy atom. The highest BCUT2D eigenvalue weighted by atomic mass is 35.5. The maximum absolute atomic E-state index is 10.4. The van der Waals surface area contributed by atoms with Crippen LogP contribution >= 0.6 is 11.6 Å². The Balaban J connectivity index is 3.30. The zero-order chi connectivity index (χ0) is 7.82. The molecule has 1 amide bonds. The molecule has 0 atom stereocenters. The van der Waals surface area contributed by atoms with Gasteiger partial charge in [0.15, 0.2) is 0 Å². The lowest BCUT2D eigenvalue weighted by Crippen LogP contribution is -2.18. The summed E-state index contributed by atoms with van der Waals surface area (Å²) in [7, 11) is 0. The van der Waals surface area contributed by atoms with Crippen molar-refractivity contribution in [2.24, 2.45) is 5.10 Å². The van der Waals surface area contributed by atoms with E-state index in [9.17, 15) is 4.79 Å². The monoisotopic (exact) mass is 164 g/mol. The van der Waals surface area contributed by atoms with Gasteiger partial charge in [-0.3, -0.25) is 0 Å². The minimum absolute atomic E-state index is 0.270. The lowest BCUT2D eigenvalue weighted by molar-refractivity contribution is 0.152. The first kappa shape index (κ1) is 9.23. The van der Waals surface area contributed by atoms with Crippen molar-refractivity contribution in [3.63, 3.8) is 0 Å². The Labute approximate surface area is 64.2 Å². The lowest BCUT2D eigenvalue weighted by Gasteiger charge is -1.97. The summed E-state index contributed by atoms with van der Waals surface area (Å²) in [5, 5.41) is 3.43. The van der Waals surface area contributed by atoms with Gasteiger partial charge in [-0.1, -0.05) is 0 Å². The van der Waals surface area contributed by atoms with Crippen molar-refractivity contribution in [1.29, 1.82) is 0 Å². The number of hydrogen-bond donors (Lipinski definition) is 1. The SMILES string of the molecule is CCOC(=O)NN=CCCl. The summed E-state index contributed by atoms with van der Waals surface area (Å²) in [6.45, 7) is 2.05. The summed E-state index contributed by atoms with van der Waals surface area (Å²) in [6, 6.07) is 0. The van der Waals surface area contributed by atoms with E-state index in [1.165, 1.54) is 6.21 Å². The van der Waals surface area contributed by atoms with Crippen LogP contribution in [0.2, 0.25) is 0 Å². The fraction of sp³-hybridized carbons (Fsp3) is 0.600.